The van der Waals surface area contributed by atoms with Gasteiger partial charge in [-0.15, -0.1) is 10.2 Å². The highest BCUT2D eigenvalue weighted by molar-refractivity contribution is 6.28. The number of ether oxygens (including phenoxy) is 1. The topological polar surface area (TPSA) is 39.9 Å². The van der Waals surface area contributed by atoms with Crippen molar-refractivity contribution in [1.82, 2.24) is 14.8 Å². The zero-order valence-corrected chi connectivity index (χ0v) is 10.9. The number of benzene rings is 1. The Bertz CT molecular complexity index is 563. The van der Waals surface area contributed by atoms with Crippen LogP contribution < -0.4 is 4.74 Å². The highest BCUT2D eigenvalue weighted by atomic mass is 35.5. The number of hydrogen-bond acceptors (Lipinski definition) is 3. The van der Waals surface area contributed by atoms with Crippen LogP contribution in [0.1, 0.15) is 31.5 Å². The average molecular weight is 264 g/mol. The van der Waals surface area contributed by atoms with E-state index in [4.69, 9.17) is 16.3 Å². The Morgan fingerprint density at radius 2 is 2.22 bits per heavy atom. The molecule has 2 aromatic rings. The molecular formula is C13H14ClN3O. The van der Waals surface area contributed by atoms with E-state index in [2.05, 4.69) is 10.2 Å². The molecule has 0 aliphatic heterocycles. The van der Waals surface area contributed by atoms with Crippen molar-refractivity contribution >= 4 is 11.6 Å². The summed E-state index contributed by atoms with van der Waals surface area (Å²) in [4.78, 5) is 0. The van der Waals surface area contributed by atoms with E-state index < -0.39 is 0 Å². The summed E-state index contributed by atoms with van der Waals surface area (Å²) in [6.07, 6.45) is 2.33. The minimum atomic E-state index is 0.408. The second kappa shape index (κ2) is 4.61. The first-order valence-corrected chi connectivity index (χ1v) is 6.51. The summed E-state index contributed by atoms with van der Waals surface area (Å²) in [5, 5.41) is 8.55. The average Bonchev–Trinajstić information content (AvgIpc) is 3.14. The Morgan fingerprint density at radius 3 is 2.94 bits per heavy atom. The lowest BCUT2D eigenvalue weighted by Gasteiger charge is -2.09. The molecule has 5 heteroatoms. The first-order valence-electron chi connectivity index (χ1n) is 6.13. The van der Waals surface area contributed by atoms with Crippen molar-refractivity contribution in [3.05, 3.63) is 35.4 Å². The van der Waals surface area contributed by atoms with Crippen LogP contribution in [0.15, 0.2) is 24.3 Å². The molecule has 0 N–H and O–H groups in total. The van der Waals surface area contributed by atoms with Gasteiger partial charge in [0.2, 0.25) is 5.28 Å². The molecule has 1 aliphatic rings. The summed E-state index contributed by atoms with van der Waals surface area (Å²) in [6, 6.07) is 7.84. The highest BCUT2D eigenvalue weighted by Gasteiger charge is 2.30. The summed E-state index contributed by atoms with van der Waals surface area (Å²) in [5.74, 6) is 2.29. The van der Waals surface area contributed by atoms with Crippen LogP contribution in [-0.4, -0.2) is 21.4 Å². The summed E-state index contributed by atoms with van der Waals surface area (Å²) in [7, 11) is 0. The first-order chi connectivity index (χ1) is 8.79. The van der Waals surface area contributed by atoms with Crippen molar-refractivity contribution in [2.45, 2.75) is 25.7 Å². The van der Waals surface area contributed by atoms with Crippen LogP contribution >= 0.6 is 11.6 Å². The van der Waals surface area contributed by atoms with Crippen LogP contribution in [0.2, 0.25) is 5.28 Å². The number of nitrogens with zero attached hydrogens (tertiary/aromatic N) is 3. The van der Waals surface area contributed by atoms with Crippen LogP contribution in [0.4, 0.5) is 0 Å². The summed E-state index contributed by atoms with van der Waals surface area (Å²) in [6.45, 7) is 2.61. The van der Waals surface area contributed by atoms with E-state index in [1.165, 1.54) is 12.8 Å². The van der Waals surface area contributed by atoms with Crippen LogP contribution in [-0.2, 0) is 0 Å². The number of hydrogen-bond donors (Lipinski definition) is 0. The minimum absolute atomic E-state index is 0.408. The SMILES string of the molecule is CCOc1cccc(-n2c(Cl)nnc2C2CC2)c1. The summed E-state index contributed by atoms with van der Waals surface area (Å²) >= 11 is 6.13. The third-order valence-electron chi connectivity index (χ3n) is 2.98. The van der Waals surface area contributed by atoms with Gasteiger partial charge in [0.05, 0.1) is 12.3 Å². The zero-order chi connectivity index (χ0) is 12.5. The molecule has 0 saturated heterocycles. The Kier molecular flexibility index (Phi) is 2.96. The fourth-order valence-corrected chi connectivity index (χ4v) is 2.22. The first kappa shape index (κ1) is 11.5. The van der Waals surface area contributed by atoms with E-state index in [1.54, 1.807) is 0 Å². The van der Waals surface area contributed by atoms with E-state index in [9.17, 15) is 0 Å². The largest absolute Gasteiger partial charge is 0.494 e. The van der Waals surface area contributed by atoms with Gasteiger partial charge in [0.1, 0.15) is 11.6 Å². The van der Waals surface area contributed by atoms with Gasteiger partial charge in [-0.2, -0.15) is 0 Å². The van der Waals surface area contributed by atoms with E-state index >= 15 is 0 Å². The maximum absolute atomic E-state index is 6.13. The van der Waals surface area contributed by atoms with Gasteiger partial charge in [0, 0.05) is 12.0 Å². The van der Waals surface area contributed by atoms with Gasteiger partial charge in [-0.1, -0.05) is 6.07 Å². The van der Waals surface area contributed by atoms with Crippen LogP contribution in [0, 0.1) is 0 Å². The molecule has 0 spiro atoms. The second-order valence-corrected chi connectivity index (χ2v) is 4.71. The molecule has 1 saturated carbocycles. The van der Waals surface area contributed by atoms with E-state index in [1.807, 2.05) is 35.8 Å². The van der Waals surface area contributed by atoms with E-state index in [0.717, 1.165) is 17.3 Å². The lowest BCUT2D eigenvalue weighted by molar-refractivity contribution is 0.340. The molecule has 94 valence electrons. The maximum atomic E-state index is 6.13. The zero-order valence-electron chi connectivity index (χ0n) is 10.1. The molecule has 0 amide bonds. The molecule has 0 unspecified atom stereocenters. The number of rotatable bonds is 4. The Balaban J connectivity index is 2.03. The fraction of sp³-hybridized carbons (Fsp3) is 0.385. The maximum Gasteiger partial charge on any atom is 0.229 e. The quantitative estimate of drug-likeness (QED) is 0.850. The van der Waals surface area contributed by atoms with Crippen molar-refractivity contribution in [2.75, 3.05) is 6.61 Å². The number of aromatic nitrogens is 3. The van der Waals surface area contributed by atoms with Crippen LogP contribution in [0.3, 0.4) is 0 Å². The fourth-order valence-electron chi connectivity index (χ4n) is 2.00. The van der Waals surface area contributed by atoms with Crippen LogP contribution in [0.25, 0.3) is 5.69 Å². The molecule has 3 rings (SSSR count). The third kappa shape index (κ3) is 2.08. The lowest BCUT2D eigenvalue weighted by Crippen LogP contribution is -2.01. The van der Waals surface area contributed by atoms with Crippen molar-refractivity contribution in [1.29, 1.82) is 0 Å². The smallest absolute Gasteiger partial charge is 0.229 e. The molecule has 0 radical (unpaired) electrons. The van der Waals surface area contributed by atoms with Crippen molar-refractivity contribution in [3.8, 4) is 11.4 Å². The van der Waals surface area contributed by atoms with Crippen molar-refractivity contribution < 1.29 is 4.74 Å². The van der Waals surface area contributed by atoms with E-state index in [0.29, 0.717) is 17.8 Å². The molecule has 0 atom stereocenters. The Hall–Kier alpha value is -1.55. The predicted molar refractivity (Wildman–Crippen MR) is 69.5 cm³/mol. The van der Waals surface area contributed by atoms with Crippen LogP contribution in [0.5, 0.6) is 5.75 Å². The number of halogens is 1. The molecule has 1 aromatic heterocycles. The molecule has 1 aliphatic carbocycles. The van der Waals surface area contributed by atoms with Gasteiger partial charge in [-0.25, -0.2) is 0 Å². The van der Waals surface area contributed by atoms with Gasteiger partial charge < -0.3 is 4.74 Å². The monoisotopic (exact) mass is 263 g/mol. The standard InChI is InChI=1S/C13H14ClN3O/c1-2-18-11-5-3-4-10(8-11)17-12(9-6-7-9)15-16-13(17)14/h3-5,8-9H,2,6-7H2,1H3. The normalized spacial score (nSPS) is 14.8. The van der Waals surface area contributed by atoms with Gasteiger partial charge in [0.25, 0.3) is 0 Å². The lowest BCUT2D eigenvalue weighted by atomic mass is 10.3. The molecular weight excluding hydrogens is 250 g/mol. The second-order valence-electron chi connectivity index (χ2n) is 4.37. The summed E-state index contributed by atoms with van der Waals surface area (Å²) < 4.78 is 7.41. The van der Waals surface area contributed by atoms with Gasteiger partial charge >= 0.3 is 0 Å². The third-order valence-corrected chi connectivity index (χ3v) is 3.22. The Labute approximate surface area is 111 Å². The molecule has 1 heterocycles. The molecule has 1 aromatic carbocycles. The summed E-state index contributed by atoms with van der Waals surface area (Å²) in [5.41, 5.74) is 0.956. The van der Waals surface area contributed by atoms with Gasteiger partial charge in [-0.05, 0) is 43.5 Å². The minimum Gasteiger partial charge on any atom is -0.494 e. The van der Waals surface area contributed by atoms with Gasteiger partial charge in [0.15, 0.2) is 0 Å². The van der Waals surface area contributed by atoms with Gasteiger partial charge in [-0.3, -0.25) is 4.57 Å². The Morgan fingerprint density at radius 1 is 1.39 bits per heavy atom. The van der Waals surface area contributed by atoms with Crippen molar-refractivity contribution in [3.63, 3.8) is 0 Å². The molecule has 1 fully saturated rings. The molecule has 0 bridgehead atoms. The molecule has 18 heavy (non-hydrogen) atoms. The van der Waals surface area contributed by atoms with Crippen molar-refractivity contribution in [2.24, 2.45) is 0 Å². The van der Waals surface area contributed by atoms with E-state index in [-0.39, 0.29) is 0 Å². The predicted octanol–water partition coefficient (Wildman–Crippen LogP) is 3.20. The highest BCUT2D eigenvalue weighted by Crippen LogP contribution is 2.40. The molecule has 4 nitrogen and oxygen atoms in total.